The van der Waals surface area contributed by atoms with Gasteiger partial charge in [-0.3, -0.25) is 10.1 Å². The molecule has 1 aromatic carbocycles. The molecule has 2 N–H and O–H groups in total. The Kier molecular flexibility index (Phi) is 5.27. The highest BCUT2D eigenvalue weighted by Crippen LogP contribution is 2.20. The second-order valence-electron chi connectivity index (χ2n) is 5.14. The van der Waals surface area contributed by atoms with Crippen molar-refractivity contribution in [2.45, 2.75) is 31.1 Å². The van der Waals surface area contributed by atoms with Crippen LogP contribution in [0.3, 0.4) is 0 Å². The molecule has 21 heavy (non-hydrogen) atoms. The van der Waals surface area contributed by atoms with E-state index in [0.717, 1.165) is 32.4 Å². The van der Waals surface area contributed by atoms with Crippen molar-refractivity contribution in [3.63, 3.8) is 0 Å². The van der Waals surface area contributed by atoms with Gasteiger partial charge in [0.15, 0.2) is 0 Å². The molecular weight excluding hydrogens is 294 g/mol. The van der Waals surface area contributed by atoms with Gasteiger partial charge in [-0.1, -0.05) is 18.2 Å². The number of rotatable bonds is 5. The lowest BCUT2D eigenvalue weighted by Gasteiger charge is -2.16. The van der Waals surface area contributed by atoms with E-state index in [0.29, 0.717) is 0 Å². The van der Waals surface area contributed by atoms with E-state index >= 15 is 0 Å². The van der Waals surface area contributed by atoms with E-state index in [1.165, 1.54) is 18.2 Å². The van der Waals surface area contributed by atoms with Gasteiger partial charge < -0.3 is 5.32 Å². The van der Waals surface area contributed by atoms with E-state index in [1.807, 2.05) is 0 Å². The van der Waals surface area contributed by atoms with Crippen molar-refractivity contribution in [3.05, 3.63) is 39.9 Å². The average Bonchev–Trinajstić information content (AvgIpc) is 2.66. The van der Waals surface area contributed by atoms with Crippen molar-refractivity contribution < 1.29 is 13.3 Å². The van der Waals surface area contributed by atoms with E-state index in [-0.39, 0.29) is 23.0 Å². The van der Waals surface area contributed by atoms with Gasteiger partial charge in [-0.25, -0.2) is 13.1 Å². The first-order valence-corrected chi connectivity index (χ1v) is 8.56. The Labute approximate surface area is 123 Å². The molecule has 0 spiro atoms. The molecule has 1 aromatic rings. The van der Waals surface area contributed by atoms with Crippen LogP contribution in [0.2, 0.25) is 0 Å². The van der Waals surface area contributed by atoms with E-state index < -0.39 is 14.9 Å². The highest BCUT2D eigenvalue weighted by Gasteiger charge is 2.23. The number of sulfonamides is 1. The number of benzene rings is 1. The van der Waals surface area contributed by atoms with Crippen LogP contribution in [-0.2, 0) is 15.8 Å². The zero-order chi connectivity index (χ0) is 15.3. The molecule has 1 unspecified atom stereocenters. The van der Waals surface area contributed by atoms with Gasteiger partial charge in [-0.2, -0.15) is 0 Å². The molecule has 0 radical (unpaired) electrons. The van der Waals surface area contributed by atoms with Gasteiger partial charge in [-0.05, 0) is 32.4 Å². The van der Waals surface area contributed by atoms with Crippen LogP contribution in [0.4, 0.5) is 5.69 Å². The molecule has 116 valence electrons. The molecule has 0 amide bonds. The van der Waals surface area contributed by atoms with E-state index in [2.05, 4.69) is 10.0 Å². The molecule has 2 rings (SSSR count). The topological polar surface area (TPSA) is 101 Å². The van der Waals surface area contributed by atoms with Crippen molar-refractivity contribution in [2.75, 3.05) is 13.1 Å². The van der Waals surface area contributed by atoms with Crippen LogP contribution in [0.5, 0.6) is 0 Å². The first-order valence-electron chi connectivity index (χ1n) is 6.91. The summed E-state index contributed by atoms with van der Waals surface area (Å²) in [5, 5.41) is 14.1. The molecule has 1 atom stereocenters. The van der Waals surface area contributed by atoms with E-state index in [1.54, 1.807) is 6.07 Å². The van der Waals surface area contributed by atoms with Crippen LogP contribution in [-0.4, -0.2) is 32.5 Å². The number of nitrogens with zero attached hydrogens (tertiary/aromatic N) is 1. The van der Waals surface area contributed by atoms with Gasteiger partial charge in [0.1, 0.15) is 0 Å². The quantitative estimate of drug-likeness (QED) is 0.627. The molecule has 0 aromatic heterocycles. The number of hydrogen-bond acceptors (Lipinski definition) is 5. The lowest BCUT2D eigenvalue weighted by molar-refractivity contribution is -0.385. The Bertz CT molecular complexity index is 595. The average molecular weight is 313 g/mol. The summed E-state index contributed by atoms with van der Waals surface area (Å²) in [6.45, 7) is 1.67. The Morgan fingerprint density at radius 2 is 2.05 bits per heavy atom. The van der Waals surface area contributed by atoms with Crippen molar-refractivity contribution in [2.24, 2.45) is 0 Å². The summed E-state index contributed by atoms with van der Waals surface area (Å²) in [7, 11) is -3.59. The molecule has 8 heteroatoms. The summed E-state index contributed by atoms with van der Waals surface area (Å²) in [5.41, 5.74) is 0.0483. The summed E-state index contributed by atoms with van der Waals surface area (Å²) in [6, 6.07) is 5.83. The third kappa shape index (κ3) is 4.76. The minimum atomic E-state index is -3.59. The zero-order valence-electron chi connectivity index (χ0n) is 11.6. The summed E-state index contributed by atoms with van der Waals surface area (Å²) in [5.74, 6) is -0.367. The normalized spacial score (nSPS) is 19.9. The zero-order valence-corrected chi connectivity index (χ0v) is 12.4. The Balaban J connectivity index is 2.08. The van der Waals surface area contributed by atoms with Gasteiger partial charge >= 0.3 is 0 Å². The third-order valence-corrected chi connectivity index (χ3v) is 4.84. The third-order valence-electron chi connectivity index (χ3n) is 3.46. The molecule has 0 saturated carbocycles. The fourth-order valence-electron chi connectivity index (χ4n) is 2.45. The predicted molar refractivity (Wildman–Crippen MR) is 79.4 cm³/mol. The molecular formula is C13H19N3O4S. The summed E-state index contributed by atoms with van der Waals surface area (Å²) in [6.07, 6.45) is 2.43. The van der Waals surface area contributed by atoms with Crippen LogP contribution < -0.4 is 10.0 Å². The summed E-state index contributed by atoms with van der Waals surface area (Å²) < 4.78 is 27.1. The van der Waals surface area contributed by atoms with Crippen molar-refractivity contribution in [3.8, 4) is 0 Å². The van der Waals surface area contributed by atoms with Gasteiger partial charge in [0.2, 0.25) is 10.0 Å². The SMILES string of the molecule is O=[N+]([O-])c1ccccc1CS(=O)(=O)NC1CCCNCC1. The largest absolute Gasteiger partial charge is 0.317 e. The minimum absolute atomic E-state index is 0.104. The Morgan fingerprint density at radius 1 is 1.29 bits per heavy atom. The van der Waals surface area contributed by atoms with Crippen molar-refractivity contribution in [1.29, 1.82) is 0 Å². The number of para-hydroxylation sites is 1. The summed E-state index contributed by atoms with van der Waals surface area (Å²) >= 11 is 0. The van der Waals surface area contributed by atoms with Gasteiger partial charge in [0, 0.05) is 17.7 Å². The molecule has 1 aliphatic rings. The van der Waals surface area contributed by atoms with Gasteiger partial charge in [0.05, 0.1) is 10.7 Å². The Hall–Kier alpha value is -1.51. The number of nitro benzene ring substituents is 1. The smallest absolute Gasteiger partial charge is 0.273 e. The first kappa shape index (κ1) is 15.9. The molecule has 1 aliphatic heterocycles. The molecule has 1 heterocycles. The maximum Gasteiger partial charge on any atom is 0.273 e. The minimum Gasteiger partial charge on any atom is -0.317 e. The predicted octanol–water partition coefficient (Wildman–Crippen LogP) is 1.16. The Morgan fingerprint density at radius 3 is 2.81 bits per heavy atom. The summed E-state index contributed by atoms with van der Waals surface area (Å²) in [4.78, 5) is 10.4. The van der Waals surface area contributed by atoms with Crippen LogP contribution in [0.25, 0.3) is 0 Å². The van der Waals surface area contributed by atoms with Gasteiger partial charge in [0.25, 0.3) is 5.69 Å². The number of hydrogen-bond donors (Lipinski definition) is 2. The van der Waals surface area contributed by atoms with Crippen LogP contribution >= 0.6 is 0 Å². The van der Waals surface area contributed by atoms with Crippen LogP contribution in [0.1, 0.15) is 24.8 Å². The second kappa shape index (κ2) is 6.97. The van der Waals surface area contributed by atoms with Gasteiger partial charge in [-0.15, -0.1) is 0 Å². The fraction of sp³-hybridized carbons (Fsp3) is 0.538. The van der Waals surface area contributed by atoms with E-state index in [4.69, 9.17) is 0 Å². The van der Waals surface area contributed by atoms with Crippen LogP contribution in [0.15, 0.2) is 24.3 Å². The molecule has 0 bridgehead atoms. The molecule has 1 fully saturated rings. The van der Waals surface area contributed by atoms with E-state index in [9.17, 15) is 18.5 Å². The van der Waals surface area contributed by atoms with Crippen molar-refractivity contribution in [1.82, 2.24) is 10.0 Å². The lowest BCUT2D eigenvalue weighted by Crippen LogP contribution is -2.36. The monoisotopic (exact) mass is 313 g/mol. The second-order valence-corrected chi connectivity index (χ2v) is 6.89. The van der Waals surface area contributed by atoms with Crippen LogP contribution in [0, 0.1) is 10.1 Å². The standard InChI is InChI=1S/C13H19N3O4S/c17-16(18)13-6-2-1-4-11(13)10-21(19,20)15-12-5-3-8-14-9-7-12/h1-2,4,6,12,14-15H,3,5,7-10H2. The molecule has 1 saturated heterocycles. The lowest BCUT2D eigenvalue weighted by atomic mass is 10.1. The van der Waals surface area contributed by atoms with Crippen molar-refractivity contribution >= 4 is 15.7 Å². The highest BCUT2D eigenvalue weighted by molar-refractivity contribution is 7.88. The number of nitro groups is 1. The first-order chi connectivity index (χ1) is 9.98. The fourth-order valence-corrected chi connectivity index (χ4v) is 3.93. The molecule has 0 aliphatic carbocycles. The maximum absolute atomic E-state index is 12.2. The number of nitrogens with one attached hydrogen (secondary N) is 2. The maximum atomic E-state index is 12.2. The highest BCUT2D eigenvalue weighted by atomic mass is 32.2. The molecule has 7 nitrogen and oxygen atoms in total.